The molecule has 22 heavy (non-hydrogen) atoms. The average molecular weight is 316 g/mol. The SMILES string of the molecule is O=C1CCCN(C(=O)c2ccccc2[N+](=O)[O-])c2ccsc21. The predicted molar refractivity (Wildman–Crippen MR) is 82.7 cm³/mol. The van der Waals surface area contributed by atoms with Crippen molar-refractivity contribution in [2.24, 2.45) is 0 Å². The minimum atomic E-state index is -0.565. The minimum absolute atomic E-state index is 0.0165. The van der Waals surface area contributed by atoms with Crippen LogP contribution in [0.3, 0.4) is 0 Å². The number of rotatable bonds is 2. The molecule has 0 saturated heterocycles. The van der Waals surface area contributed by atoms with Crippen LogP contribution in [0.1, 0.15) is 32.9 Å². The maximum Gasteiger partial charge on any atom is 0.282 e. The maximum absolute atomic E-state index is 12.8. The first-order chi connectivity index (χ1) is 10.6. The van der Waals surface area contributed by atoms with E-state index < -0.39 is 10.8 Å². The molecule has 1 aliphatic heterocycles. The number of carbonyl (C=O) groups excluding carboxylic acids is 2. The molecule has 2 aromatic rings. The van der Waals surface area contributed by atoms with Crippen LogP contribution in [0.15, 0.2) is 35.7 Å². The second-order valence-corrected chi connectivity index (χ2v) is 5.81. The summed E-state index contributed by atoms with van der Waals surface area (Å²) in [6, 6.07) is 7.59. The van der Waals surface area contributed by atoms with E-state index in [4.69, 9.17) is 0 Å². The Morgan fingerprint density at radius 3 is 2.82 bits per heavy atom. The van der Waals surface area contributed by atoms with E-state index in [0.29, 0.717) is 30.0 Å². The van der Waals surface area contributed by atoms with Crippen molar-refractivity contribution in [2.75, 3.05) is 11.4 Å². The standard InChI is InChI=1S/C15H12N2O4S/c18-13-6-3-8-16(12-7-9-22-14(12)13)15(19)10-4-1-2-5-11(10)17(20)21/h1-2,4-5,7,9H,3,6,8H2. The Hall–Kier alpha value is -2.54. The zero-order valence-electron chi connectivity index (χ0n) is 11.5. The smallest absolute Gasteiger partial charge is 0.282 e. The Kier molecular flexibility index (Phi) is 3.72. The molecule has 1 aliphatic rings. The number of Topliss-reactive ketones (excluding diaryl/α,β-unsaturated/α-hetero) is 1. The van der Waals surface area contributed by atoms with Gasteiger partial charge in [-0.15, -0.1) is 11.3 Å². The summed E-state index contributed by atoms with van der Waals surface area (Å²) >= 11 is 1.30. The molecule has 112 valence electrons. The number of nitro groups is 1. The van der Waals surface area contributed by atoms with Gasteiger partial charge in [-0.05, 0) is 23.9 Å². The molecule has 1 aromatic heterocycles. The number of para-hydroxylation sites is 1. The van der Waals surface area contributed by atoms with E-state index in [0.717, 1.165) is 0 Å². The van der Waals surface area contributed by atoms with E-state index >= 15 is 0 Å². The highest BCUT2D eigenvalue weighted by Crippen LogP contribution is 2.33. The van der Waals surface area contributed by atoms with Crippen LogP contribution in [0, 0.1) is 10.1 Å². The second-order valence-electron chi connectivity index (χ2n) is 4.89. The summed E-state index contributed by atoms with van der Waals surface area (Å²) in [7, 11) is 0. The molecular weight excluding hydrogens is 304 g/mol. The number of nitrogens with zero attached hydrogens (tertiary/aromatic N) is 2. The topological polar surface area (TPSA) is 80.5 Å². The van der Waals surface area contributed by atoms with Crippen LogP contribution in [0.5, 0.6) is 0 Å². The first-order valence-corrected chi connectivity index (χ1v) is 7.63. The third-order valence-electron chi connectivity index (χ3n) is 3.55. The van der Waals surface area contributed by atoms with Gasteiger partial charge in [-0.1, -0.05) is 12.1 Å². The number of carbonyl (C=O) groups is 2. The van der Waals surface area contributed by atoms with E-state index in [1.54, 1.807) is 17.5 Å². The fourth-order valence-corrected chi connectivity index (χ4v) is 3.39. The van der Waals surface area contributed by atoms with Crippen molar-refractivity contribution in [1.29, 1.82) is 0 Å². The summed E-state index contributed by atoms with van der Waals surface area (Å²) < 4.78 is 0. The first-order valence-electron chi connectivity index (χ1n) is 6.75. The quantitative estimate of drug-likeness (QED) is 0.629. The lowest BCUT2D eigenvalue weighted by atomic mass is 10.1. The zero-order valence-corrected chi connectivity index (χ0v) is 12.3. The lowest BCUT2D eigenvalue weighted by Crippen LogP contribution is -2.31. The highest BCUT2D eigenvalue weighted by Gasteiger charge is 2.30. The molecule has 7 heteroatoms. The predicted octanol–water partition coefficient (Wildman–Crippen LogP) is 3.28. The van der Waals surface area contributed by atoms with Crippen molar-refractivity contribution >= 4 is 34.4 Å². The molecule has 1 amide bonds. The highest BCUT2D eigenvalue weighted by molar-refractivity contribution is 7.12. The summed E-state index contributed by atoms with van der Waals surface area (Å²) in [5.74, 6) is -0.426. The van der Waals surface area contributed by atoms with E-state index in [2.05, 4.69) is 0 Å². The van der Waals surface area contributed by atoms with Gasteiger partial charge < -0.3 is 4.90 Å². The van der Waals surface area contributed by atoms with Gasteiger partial charge in [0.25, 0.3) is 11.6 Å². The van der Waals surface area contributed by atoms with E-state index in [-0.39, 0.29) is 17.0 Å². The molecule has 0 radical (unpaired) electrons. The fourth-order valence-electron chi connectivity index (χ4n) is 2.53. The van der Waals surface area contributed by atoms with Crippen molar-refractivity contribution in [3.8, 4) is 0 Å². The summed E-state index contributed by atoms with van der Waals surface area (Å²) in [6.07, 6.45) is 0.931. The highest BCUT2D eigenvalue weighted by atomic mass is 32.1. The summed E-state index contributed by atoms with van der Waals surface area (Å²) in [5, 5.41) is 12.9. The lowest BCUT2D eigenvalue weighted by molar-refractivity contribution is -0.385. The molecule has 0 spiro atoms. The molecule has 0 atom stereocenters. The molecule has 1 aromatic carbocycles. The van der Waals surface area contributed by atoms with Crippen LogP contribution in [0.25, 0.3) is 0 Å². The number of amides is 1. The van der Waals surface area contributed by atoms with Gasteiger partial charge in [0.05, 0.1) is 15.5 Å². The lowest BCUT2D eigenvalue weighted by Gasteiger charge is -2.20. The number of fused-ring (bicyclic) bond motifs is 1. The van der Waals surface area contributed by atoms with Gasteiger partial charge in [0.15, 0.2) is 5.78 Å². The second kappa shape index (κ2) is 5.69. The molecule has 0 aliphatic carbocycles. The number of hydrogen-bond acceptors (Lipinski definition) is 5. The Balaban J connectivity index is 2.05. The van der Waals surface area contributed by atoms with Crippen LogP contribution in [0.4, 0.5) is 11.4 Å². The molecule has 0 fully saturated rings. The fraction of sp³-hybridized carbons (Fsp3) is 0.200. The summed E-state index contributed by atoms with van der Waals surface area (Å²) in [5.41, 5.74) is 0.370. The van der Waals surface area contributed by atoms with Gasteiger partial charge in [0.2, 0.25) is 0 Å². The zero-order chi connectivity index (χ0) is 15.7. The molecular formula is C15H12N2O4S. The van der Waals surface area contributed by atoms with Crippen LogP contribution < -0.4 is 4.90 Å². The van der Waals surface area contributed by atoms with Gasteiger partial charge in [-0.25, -0.2) is 0 Å². The van der Waals surface area contributed by atoms with Crippen LogP contribution in [-0.4, -0.2) is 23.2 Å². The molecule has 2 heterocycles. The maximum atomic E-state index is 12.8. The third-order valence-corrected chi connectivity index (χ3v) is 4.50. The van der Waals surface area contributed by atoms with E-state index in [1.807, 2.05) is 0 Å². The van der Waals surface area contributed by atoms with Crippen LogP contribution >= 0.6 is 11.3 Å². The van der Waals surface area contributed by atoms with Crippen molar-refractivity contribution in [2.45, 2.75) is 12.8 Å². The van der Waals surface area contributed by atoms with Crippen molar-refractivity contribution in [3.05, 3.63) is 56.3 Å². The number of nitro benzene ring substituents is 1. The van der Waals surface area contributed by atoms with Gasteiger partial charge in [0.1, 0.15) is 5.56 Å². The van der Waals surface area contributed by atoms with E-state index in [1.165, 1.54) is 34.4 Å². The molecule has 6 nitrogen and oxygen atoms in total. The van der Waals surface area contributed by atoms with Gasteiger partial charge in [-0.3, -0.25) is 19.7 Å². The number of hydrogen-bond donors (Lipinski definition) is 0. The Morgan fingerprint density at radius 2 is 2.05 bits per heavy atom. The number of anilines is 1. The van der Waals surface area contributed by atoms with Crippen molar-refractivity contribution in [3.63, 3.8) is 0 Å². The Bertz CT molecular complexity index is 768. The van der Waals surface area contributed by atoms with Crippen molar-refractivity contribution < 1.29 is 14.5 Å². The molecule has 0 N–H and O–H groups in total. The summed E-state index contributed by atoms with van der Waals surface area (Å²) in [4.78, 5) is 37.3. The van der Waals surface area contributed by atoms with Crippen LogP contribution in [0.2, 0.25) is 0 Å². The number of ketones is 1. The normalized spacial score (nSPS) is 14.4. The summed E-state index contributed by atoms with van der Waals surface area (Å²) in [6.45, 7) is 0.375. The third kappa shape index (κ3) is 2.39. The monoisotopic (exact) mass is 316 g/mol. The Labute approximate surface area is 130 Å². The molecule has 0 bridgehead atoms. The van der Waals surface area contributed by atoms with Crippen molar-refractivity contribution in [1.82, 2.24) is 0 Å². The molecule has 0 saturated carbocycles. The number of benzene rings is 1. The van der Waals surface area contributed by atoms with E-state index in [9.17, 15) is 19.7 Å². The Morgan fingerprint density at radius 1 is 1.27 bits per heavy atom. The minimum Gasteiger partial charge on any atom is -0.307 e. The molecule has 3 rings (SSSR count). The van der Waals surface area contributed by atoms with Gasteiger partial charge in [0, 0.05) is 19.0 Å². The first kappa shape index (κ1) is 14.4. The van der Waals surface area contributed by atoms with Gasteiger partial charge in [-0.2, -0.15) is 0 Å². The largest absolute Gasteiger partial charge is 0.307 e. The van der Waals surface area contributed by atoms with Crippen LogP contribution in [-0.2, 0) is 0 Å². The number of thiophene rings is 1. The van der Waals surface area contributed by atoms with Gasteiger partial charge >= 0.3 is 0 Å². The average Bonchev–Trinajstić information content (AvgIpc) is 2.94. The molecule has 0 unspecified atom stereocenters.